The van der Waals surface area contributed by atoms with E-state index in [1.54, 1.807) is 7.05 Å². The predicted molar refractivity (Wildman–Crippen MR) is 70.8 cm³/mol. The molecule has 1 amide bonds. The van der Waals surface area contributed by atoms with Gasteiger partial charge in [-0.25, -0.2) is 4.79 Å². The van der Waals surface area contributed by atoms with Crippen LogP contribution in [0.4, 0.5) is 0 Å². The standard InChI is InChI=1S/C14H19NO4/c1-5-19-12-7-6-11(8-10(12)2)9-15(3)13(16)14(17)18-4/h6-8H,5,9H2,1-4H3. The van der Waals surface area contributed by atoms with Gasteiger partial charge in [-0.15, -0.1) is 0 Å². The Morgan fingerprint density at radius 3 is 2.53 bits per heavy atom. The Labute approximate surface area is 113 Å². The number of likely N-dealkylation sites (N-methyl/N-ethyl adjacent to an activating group) is 1. The van der Waals surface area contributed by atoms with Gasteiger partial charge in [-0.2, -0.15) is 0 Å². The number of nitrogens with zero attached hydrogens (tertiary/aromatic N) is 1. The summed E-state index contributed by atoms with van der Waals surface area (Å²) in [4.78, 5) is 24.0. The quantitative estimate of drug-likeness (QED) is 0.612. The van der Waals surface area contributed by atoms with Crippen molar-refractivity contribution in [2.75, 3.05) is 20.8 Å². The fourth-order valence-corrected chi connectivity index (χ4v) is 1.72. The fraction of sp³-hybridized carbons (Fsp3) is 0.429. The molecule has 1 aromatic carbocycles. The molecule has 1 rings (SSSR count). The van der Waals surface area contributed by atoms with E-state index in [9.17, 15) is 9.59 Å². The first-order valence-corrected chi connectivity index (χ1v) is 6.05. The smallest absolute Gasteiger partial charge is 0.396 e. The summed E-state index contributed by atoms with van der Waals surface area (Å²) in [7, 11) is 2.75. The lowest BCUT2D eigenvalue weighted by Crippen LogP contribution is -2.33. The maximum absolute atomic E-state index is 11.6. The Morgan fingerprint density at radius 2 is 2.00 bits per heavy atom. The van der Waals surface area contributed by atoms with Crippen molar-refractivity contribution < 1.29 is 19.1 Å². The van der Waals surface area contributed by atoms with Crippen LogP contribution in [0.3, 0.4) is 0 Å². The van der Waals surface area contributed by atoms with Crippen molar-refractivity contribution in [2.24, 2.45) is 0 Å². The van der Waals surface area contributed by atoms with Crippen molar-refractivity contribution >= 4 is 11.9 Å². The Bertz CT molecular complexity index is 471. The number of hydrogen-bond acceptors (Lipinski definition) is 4. The predicted octanol–water partition coefficient (Wildman–Crippen LogP) is 1.53. The highest BCUT2D eigenvalue weighted by Gasteiger charge is 2.19. The molecule has 0 bridgehead atoms. The number of hydrogen-bond donors (Lipinski definition) is 0. The van der Waals surface area contributed by atoms with Gasteiger partial charge in [-0.1, -0.05) is 12.1 Å². The van der Waals surface area contributed by atoms with Gasteiger partial charge in [0.25, 0.3) is 0 Å². The SMILES string of the molecule is CCOc1ccc(CN(C)C(=O)C(=O)OC)cc1C. The first-order valence-electron chi connectivity index (χ1n) is 6.05. The third kappa shape index (κ3) is 3.98. The molecular weight excluding hydrogens is 246 g/mol. The molecule has 0 spiro atoms. The molecule has 0 atom stereocenters. The van der Waals surface area contributed by atoms with Crippen LogP contribution in [0.2, 0.25) is 0 Å². The van der Waals surface area contributed by atoms with Crippen molar-refractivity contribution in [1.82, 2.24) is 4.90 Å². The summed E-state index contributed by atoms with van der Waals surface area (Å²) in [5, 5.41) is 0. The minimum atomic E-state index is -0.856. The third-order valence-corrected chi connectivity index (χ3v) is 2.67. The number of esters is 1. The molecule has 0 saturated heterocycles. The van der Waals surface area contributed by atoms with E-state index in [0.717, 1.165) is 16.9 Å². The normalized spacial score (nSPS) is 9.89. The van der Waals surface area contributed by atoms with Crippen LogP contribution >= 0.6 is 0 Å². The van der Waals surface area contributed by atoms with E-state index < -0.39 is 11.9 Å². The van der Waals surface area contributed by atoms with E-state index >= 15 is 0 Å². The zero-order valence-corrected chi connectivity index (χ0v) is 11.7. The number of rotatable bonds is 4. The summed E-state index contributed by atoms with van der Waals surface area (Å²) in [5.41, 5.74) is 1.93. The highest BCUT2D eigenvalue weighted by atomic mass is 16.5. The van der Waals surface area contributed by atoms with Gasteiger partial charge < -0.3 is 14.4 Å². The van der Waals surface area contributed by atoms with Crippen molar-refractivity contribution in [3.05, 3.63) is 29.3 Å². The zero-order chi connectivity index (χ0) is 14.4. The molecule has 19 heavy (non-hydrogen) atoms. The summed E-state index contributed by atoms with van der Waals surface area (Å²) in [6.45, 7) is 4.83. The summed E-state index contributed by atoms with van der Waals surface area (Å²) < 4.78 is 9.84. The van der Waals surface area contributed by atoms with Gasteiger partial charge in [0, 0.05) is 13.6 Å². The van der Waals surface area contributed by atoms with E-state index in [1.807, 2.05) is 32.0 Å². The second-order valence-electron chi connectivity index (χ2n) is 4.19. The average Bonchev–Trinajstić information content (AvgIpc) is 2.40. The topological polar surface area (TPSA) is 55.8 Å². The number of amides is 1. The molecule has 0 heterocycles. The maximum atomic E-state index is 11.6. The number of carbonyl (C=O) groups excluding carboxylic acids is 2. The Hall–Kier alpha value is -2.04. The highest BCUT2D eigenvalue weighted by Crippen LogP contribution is 2.19. The molecule has 0 aromatic heterocycles. The number of ether oxygens (including phenoxy) is 2. The minimum Gasteiger partial charge on any atom is -0.494 e. The van der Waals surface area contributed by atoms with Crippen LogP contribution in [-0.4, -0.2) is 37.5 Å². The molecule has 0 aliphatic heterocycles. The average molecular weight is 265 g/mol. The maximum Gasteiger partial charge on any atom is 0.396 e. The number of aryl methyl sites for hydroxylation is 1. The van der Waals surface area contributed by atoms with Crippen LogP contribution in [0.1, 0.15) is 18.1 Å². The molecule has 0 N–H and O–H groups in total. The minimum absolute atomic E-state index is 0.348. The summed E-state index contributed by atoms with van der Waals surface area (Å²) in [5.74, 6) is -0.688. The lowest BCUT2D eigenvalue weighted by molar-refractivity contribution is -0.157. The van der Waals surface area contributed by atoms with E-state index in [2.05, 4.69) is 4.74 Å². The molecule has 1 aromatic rings. The first-order chi connectivity index (χ1) is 8.99. The molecule has 104 valence electrons. The van der Waals surface area contributed by atoms with Gasteiger partial charge in [0.1, 0.15) is 5.75 Å². The van der Waals surface area contributed by atoms with Gasteiger partial charge in [-0.05, 0) is 31.0 Å². The van der Waals surface area contributed by atoms with Crippen LogP contribution in [0.25, 0.3) is 0 Å². The van der Waals surface area contributed by atoms with E-state index in [4.69, 9.17) is 4.74 Å². The molecule has 5 nitrogen and oxygen atoms in total. The monoisotopic (exact) mass is 265 g/mol. The number of benzene rings is 1. The second-order valence-corrected chi connectivity index (χ2v) is 4.19. The van der Waals surface area contributed by atoms with Crippen molar-refractivity contribution in [1.29, 1.82) is 0 Å². The van der Waals surface area contributed by atoms with E-state index in [1.165, 1.54) is 12.0 Å². The Balaban J connectivity index is 2.75. The fourth-order valence-electron chi connectivity index (χ4n) is 1.72. The lowest BCUT2D eigenvalue weighted by atomic mass is 10.1. The van der Waals surface area contributed by atoms with Crippen molar-refractivity contribution in [3.63, 3.8) is 0 Å². The molecule has 0 unspecified atom stereocenters. The van der Waals surface area contributed by atoms with Crippen LogP contribution in [-0.2, 0) is 20.9 Å². The van der Waals surface area contributed by atoms with Crippen LogP contribution < -0.4 is 4.74 Å². The van der Waals surface area contributed by atoms with Crippen molar-refractivity contribution in [3.8, 4) is 5.75 Å². The molecule has 0 aliphatic rings. The van der Waals surface area contributed by atoms with Crippen LogP contribution in [0, 0.1) is 6.92 Å². The number of carbonyl (C=O) groups is 2. The van der Waals surface area contributed by atoms with Gasteiger partial charge in [0.15, 0.2) is 0 Å². The number of methoxy groups -OCH3 is 1. The Morgan fingerprint density at radius 1 is 1.32 bits per heavy atom. The largest absolute Gasteiger partial charge is 0.494 e. The molecule has 0 saturated carbocycles. The van der Waals surface area contributed by atoms with E-state index in [-0.39, 0.29) is 0 Å². The lowest BCUT2D eigenvalue weighted by Gasteiger charge is -2.16. The van der Waals surface area contributed by atoms with Crippen molar-refractivity contribution in [2.45, 2.75) is 20.4 Å². The highest BCUT2D eigenvalue weighted by molar-refractivity contribution is 6.32. The summed E-state index contributed by atoms with van der Waals surface area (Å²) in [6, 6.07) is 5.68. The van der Waals surface area contributed by atoms with Crippen LogP contribution in [0.15, 0.2) is 18.2 Å². The first kappa shape index (κ1) is 15.0. The molecule has 0 aliphatic carbocycles. The van der Waals surface area contributed by atoms with Gasteiger partial charge in [0.2, 0.25) is 0 Å². The Kier molecular flexibility index (Phi) is 5.36. The molecule has 0 radical (unpaired) electrons. The van der Waals surface area contributed by atoms with Gasteiger partial charge in [-0.3, -0.25) is 4.79 Å². The molecular formula is C14H19NO4. The van der Waals surface area contributed by atoms with Crippen LogP contribution in [0.5, 0.6) is 5.75 Å². The zero-order valence-electron chi connectivity index (χ0n) is 11.7. The van der Waals surface area contributed by atoms with E-state index in [0.29, 0.717) is 13.2 Å². The third-order valence-electron chi connectivity index (χ3n) is 2.67. The van der Waals surface area contributed by atoms with Gasteiger partial charge >= 0.3 is 11.9 Å². The summed E-state index contributed by atoms with van der Waals surface area (Å²) in [6.07, 6.45) is 0. The second kappa shape index (κ2) is 6.78. The van der Waals surface area contributed by atoms with Gasteiger partial charge in [0.05, 0.1) is 13.7 Å². The summed E-state index contributed by atoms with van der Waals surface area (Å²) >= 11 is 0. The molecule has 0 fully saturated rings. The molecule has 5 heteroatoms.